The number of carbonyl (C=O) groups is 1. The Balaban J connectivity index is 1.50. The number of aromatic nitrogens is 2. The quantitative estimate of drug-likeness (QED) is 0.448. The summed E-state index contributed by atoms with van der Waals surface area (Å²) in [7, 11) is 0. The van der Waals surface area contributed by atoms with Crippen molar-refractivity contribution in [2.45, 2.75) is 32.1 Å². The van der Waals surface area contributed by atoms with Gasteiger partial charge in [-0.15, -0.1) is 0 Å². The number of hydrogen-bond donors (Lipinski definition) is 3. The fourth-order valence-corrected chi connectivity index (χ4v) is 3.97. The number of hydrogen-bond acceptors (Lipinski definition) is 6. The molecule has 1 saturated heterocycles. The van der Waals surface area contributed by atoms with Crippen LogP contribution in [0.15, 0.2) is 54.7 Å². The highest BCUT2D eigenvalue weighted by molar-refractivity contribution is 5.99. The second kappa shape index (κ2) is 11.0. The molecule has 1 amide bonds. The van der Waals surface area contributed by atoms with Crippen molar-refractivity contribution in [1.82, 2.24) is 15.3 Å². The molecule has 0 aliphatic carbocycles. The van der Waals surface area contributed by atoms with Gasteiger partial charge in [0.1, 0.15) is 23.6 Å². The number of anilines is 2. The van der Waals surface area contributed by atoms with E-state index >= 15 is 0 Å². The molecule has 0 unspecified atom stereocenters. The first-order chi connectivity index (χ1) is 16.5. The Morgan fingerprint density at radius 3 is 2.85 bits per heavy atom. The van der Waals surface area contributed by atoms with Crippen molar-refractivity contribution < 1.29 is 13.6 Å². The number of alkyl halides is 1. The van der Waals surface area contributed by atoms with Gasteiger partial charge in [0.25, 0.3) is 5.91 Å². The Morgan fingerprint density at radius 1 is 1.21 bits per heavy atom. The fraction of sp³-hybridized carbons (Fsp3) is 0.320. The molecule has 0 radical (unpaired) electrons. The number of rotatable bonds is 9. The third-order valence-electron chi connectivity index (χ3n) is 5.79. The van der Waals surface area contributed by atoms with Gasteiger partial charge in [-0.2, -0.15) is 0 Å². The number of halogens is 2. The Hall–Kier alpha value is -3.59. The number of nitrogens with two attached hydrogens (primary N) is 1. The van der Waals surface area contributed by atoms with Crippen LogP contribution in [0.1, 0.15) is 33.6 Å². The van der Waals surface area contributed by atoms with Crippen molar-refractivity contribution in [3.8, 4) is 0 Å². The number of pyridine rings is 2. The van der Waals surface area contributed by atoms with E-state index in [-0.39, 0.29) is 31.4 Å². The van der Waals surface area contributed by atoms with Gasteiger partial charge in [0, 0.05) is 32.4 Å². The minimum absolute atomic E-state index is 0.277. The summed E-state index contributed by atoms with van der Waals surface area (Å²) < 4.78 is 27.2. The number of nitrogens with zero attached hydrogens (tertiary/aromatic N) is 3. The van der Waals surface area contributed by atoms with Crippen LogP contribution in [0.2, 0.25) is 0 Å². The van der Waals surface area contributed by atoms with Crippen LogP contribution >= 0.6 is 0 Å². The maximum absolute atomic E-state index is 13.7. The van der Waals surface area contributed by atoms with E-state index in [9.17, 15) is 13.6 Å². The van der Waals surface area contributed by atoms with Gasteiger partial charge in [-0.1, -0.05) is 18.2 Å². The Bertz CT molecular complexity index is 1140. The highest BCUT2D eigenvalue weighted by atomic mass is 19.1. The number of nitrogens with one attached hydrogen (secondary N) is 2. The normalized spacial score (nSPS) is 15.4. The van der Waals surface area contributed by atoms with Crippen molar-refractivity contribution in [1.29, 1.82) is 0 Å². The van der Waals surface area contributed by atoms with Crippen molar-refractivity contribution in [2.24, 2.45) is 5.73 Å². The Labute approximate surface area is 197 Å². The van der Waals surface area contributed by atoms with E-state index in [2.05, 4.69) is 20.6 Å². The molecule has 9 heteroatoms. The van der Waals surface area contributed by atoms with Gasteiger partial charge in [0.15, 0.2) is 0 Å². The van der Waals surface area contributed by atoms with Crippen LogP contribution in [-0.4, -0.2) is 41.7 Å². The summed E-state index contributed by atoms with van der Waals surface area (Å²) in [6, 6.07) is 13.5. The lowest BCUT2D eigenvalue weighted by molar-refractivity contribution is 0.0951. The lowest BCUT2D eigenvalue weighted by Crippen LogP contribution is -2.27. The van der Waals surface area contributed by atoms with Crippen LogP contribution in [0.4, 0.5) is 20.4 Å². The van der Waals surface area contributed by atoms with Crippen LogP contribution in [-0.2, 0) is 19.5 Å². The molecule has 1 fully saturated rings. The second-order valence-corrected chi connectivity index (χ2v) is 8.20. The molecule has 1 atom stereocenters. The first kappa shape index (κ1) is 23.6. The van der Waals surface area contributed by atoms with Crippen molar-refractivity contribution >= 4 is 17.5 Å². The van der Waals surface area contributed by atoms with Crippen LogP contribution in [0.5, 0.6) is 0 Å². The zero-order valence-corrected chi connectivity index (χ0v) is 18.8. The predicted octanol–water partition coefficient (Wildman–Crippen LogP) is 3.21. The largest absolute Gasteiger partial charge is 0.369 e. The van der Waals surface area contributed by atoms with Crippen molar-refractivity contribution in [2.75, 3.05) is 29.9 Å². The third kappa shape index (κ3) is 5.85. The van der Waals surface area contributed by atoms with E-state index in [1.54, 1.807) is 30.5 Å². The van der Waals surface area contributed by atoms with E-state index in [0.717, 1.165) is 16.8 Å². The smallest absolute Gasteiger partial charge is 0.255 e. The van der Waals surface area contributed by atoms with Crippen molar-refractivity contribution in [3.05, 3.63) is 82.9 Å². The molecular formula is C25H28F2N6O. The summed E-state index contributed by atoms with van der Waals surface area (Å²) in [5.41, 5.74) is 8.51. The molecule has 3 aromatic rings. The van der Waals surface area contributed by atoms with Gasteiger partial charge in [0.2, 0.25) is 0 Å². The highest BCUT2D eigenvalue weighted by Crippen LogP contribution is 2.24. The molecule has 0 bridgehead atoms. The van der Waals surface area contributed by atoms with Gasteiger partial charge >= 0.3 is 0 Å². The zero-order chi connectivity index (χ0) is 23.9. The maximum atomic E-state index is 13.7. The third-order valence-corrected chi connectivity index (χ3v) is 5.79. The standard InChI is InChI=1S/C25H28F2N6O/c26-19-5-1-3-17(13-19)8-11-30-24-21(6-7-23(32-24)33-12-9-20(27)16-33)25(34)31-15-18-4-2-10-29-22(18)14-28/h1-7,10,13,20H,8-9,11-12,14-16,28H2,(H,30,32)(H,31,34)/t20-/m1/s1. The molecule has 0 spiro atoms. The average molecular weight is 467 g/mol. The average Bonchev–Trinajstić information content (AvgIpc) is 3.29. The lowest BCUT2D eigenvalue weighted by atomic mass is 10.1. The summed E-state index contributed by atoms with van der Waals surface area (Å²) in [6.07, 6.45) is 1.79. The minimum Gasteiger partial charge on any atom is -0.369 e. The number of amides is 1. The number of benzene rings is 1. The maximum Gasteiger partial charge on any atom is 0.255 e. The van der Waals surface area contributed by atoms with Gasteiger partial charge in [0.05, 0.1) is 17.8 Å². The first-order valence-electron chi connectivity index (χ1n) is 11.3. The predicted molar refractivity (Wildman–Crippen MR) is 128 cm³/mol. The molecule has 34 heavy (non-hydrogen) atoms. The molecule has 4 rings (SSSR count). The van der Waals surface area contributed by atoms with E-state index in [1.165, 1.54) is 12.1 Å². The van der Waals surface area contributed by atoms with Crippen LogP contribution in [0.25, 0.3) is 0 Å². The Morgan fingerprint density at radius 2 is 2.09 bits per heavy atom. The van der Waals surface area contributed by atoms with E-state index in [1.807, 2.05) is 17.0 Å². The minimum atomic E-state index is -0.884. The summed E-state index contributed by atoms with van der Waals surface area (Å²) in [4.78, 5) is 23.8. The molecule has 7 nitrogen and oxygen atoms in total. The molecule has 3 heterocycles. The van der Waals surface area contributed by atoms with Gasteiger partial charge in [-0.3, -0.25) is 9.78 Å². The second-order valence-electron chi connectivity index (χ2n) is 8.20. The van der Waals surface area contributed by atoms with Gasteiger partial charge in [-0.05, 0) is 54.3 Å². The molecule has 2 aromatic heterocycles. The monoisotopic (exact) mass is 466 g/mol. The number of carbonyl (C=O) groups excluding carboxylic acids is 1. The molecule has 1 aliphatic rings. The van der Waals surface area contributed by atoms with E-state index in [0.29, 0.717) is 43.1 Å². The Kier molecular flexibility index (Phi) is 7.64. The summed E-state index contributed by atoms with van der Waals surface area (Å²) >= 11 is 0. The molecule has 1 aromatic carbocycles. The molecule has 4 N–H and O–H groups in total. The van der Waals surface area contributed by atoms with Crippen LogP contribution in [0, 0.1) is 5.82 Å². The van der Waals surface area contributed by atoms with Crippen LogP contribution in [0.3, 0.4) is 0 Å². The van der Waals surface area contributed by atoms with E-state index < -0.39 is 6.17 Å². The SMILES string of the molecule is NCc1ncccc1CNC(=O)c1ccc(N2CC[C@@H](F)C2)nc1NCCc1cccc(F)c1. The van der Waals surface area contributed by atoms with Crippen molar-refractivity contribution in [3.63, 3.8) is 0 Å². The zero-order valence-electron chi connectivity index (χ0n) is 18.8. The molecule has 1 aliphatic heterocycles. The summed E-state index contributed by atoms with van der Waals surface area (Å²) in [5.74, 6) is 0.422. The molecule has 0 saturated carbocycles. The van der Waals surface area contributed by atoms with E-state index in [4.69, 9.17) is 5.73 Å². The highest BCUT2D eigenvalue weighted by Gasteiger charge is 2.24. The fourth-order valence-electron chi connectivity index (χ4n) is 3.97. The first-order valence-corrected chi connectivity index (χ1v) is 11.3. The molecule has 178 valence electrons. The van der Waals surface area contributed by atoms with Gasteiger partial charge < -0.3 is 21.3 Å². The topological polar surface area (TPSA) is 96.2 Å². The lowest BCUT2D eigenvalue weighted by Gasteiger charge is -2.19. The van der Waals surface area contributed by atoms with Gasteiger partial charge in [-0.25, -0.2) is 13.8 Å². The summed E-state index contributed by atoms with van der Waals surface area (Å²) in [6.45, 7) is 1.86. The summed E-state index contributed by atoms with van der Waals surface area (Å²) in [5, 5.41) is 6.12. The van der Waals surface area contributed by atoms with Crippen LogP contribution < -0.4 is 21.3 Å². The molecular weight excluding hydrogens is 438 g/mol.